The fourth-order valence-electron chi connectivity index (χ4n) is 2.85. The van der Waals surface area contributed by atoms with Crippen molar-refractivity contribution in [1.82, 2.24) is 19.7 Å². The predicted octanol–water partition coefficient (Wildman–Crippen LogP) is 4.87. The first-order chi connectivity index (χ1) is 14.2. The number of rotatable bonds is 8. The van der Waals surface area contributed by atoms with E-state index in [1.807, 2.05) is 60.3 Å². The molecule has 0 atom stereocenters. The van der Waals surface area contributed by atoms with Gasteiger partial charge in [-0.05, 0) is 28.5 Å². The summed E-state index contributed by atoms with van der Waals surface area (Å²) in [5.74, 6) is 1.25. The molecule has 0 spiro atoms. The zero-order valence-corrected chi connectivity index (χ0v) is 18.3. The average molecular weight is 441 g/mol. The molecule has 4 aromatic rings. The number of hydrogen-bond acceptors (Lipinski definition) is 6. The molecule has 0 N–H and O–H groups in total. The number of thiophene rings is 2. The maximum absolute atomic E-state index is 12.6. The minimum Gasteiger partial charge on any atom is -0.340 e. The van der Waals surface area contributed by atoms with Gasteiger partial charge in [-0.3, -0.25) is 9.36 Å². The standard InChI is InChI=1S/C21H20N4OS3/c1-24(14-17-9-5-11-27-17)19(26)15-29-21-23-22-20(18-10-6-12-28-18)25(21)13-16-7-3-2-4-8-16/h2-12H,13-15H2,1H3. The van der Waals surface area contributed by atoms with Crippen molar-refractivity contribution in [2.45, 2.75) is 18.2 Å². The van der Waals surface area contributed by atoms with Gasteiger partial charge in [-0.25, -0.2) is 0 Å². The van der Waals surface area contributed by atoms with Crippen LogP contribution >= 0.6 is 34.4 Å². The Hall–Kier alpha value is -2.42. The first kappa shape index (κ1) is 19.9. The summed E-state index contributed by atoms with van der Waals surface area (Å²) in [5.41, 5.74) is 1.17. The van der Waals surface area contributed by atoms with Gasteiger partial charge < -0.3 is 4.90 Å². The van der Waals surface area contributed by atoms with E-state index in [9.17, 15) is 4.79 Å². The number of aromatic nitrogens is 3. The highest BCUT2D eigenvalue weighted by molar-refractivity contribution is 7.99. The lowest BCUT2D eigenvalue weighted by atomic mass is 10.2. The summed E-state index contributed by atoms with van der Waals surface area (Å²) in [5, 5.41) is 13.6. The molecule has 29 heavy (non-hydrogen) atoms. The van der Waals surface area contributed by atoms with Crippen molar-refractivity contribution in [3.8, 4) is 10.7 Å². The van der Waals surface area contributed by atoms with Crippen LogP contribution in [0.2, 0.25) is 0 Å². The van der Waals surface area contributed by atoms with Gasteiger partial charge >= 0.3 is 0 Å². The summed E-state index contributed by atoms with van der Waals surface area (Å²) in [7, 11) is 1.84. The molecule has 1 aromatic carbocycles. The largest absolute Gasteiger partial charge is 0.340 e. The van der Waals surface area contributed by atoms with E-state index in [0.29, 0.717) is 18.8 Å². The van der Waals surface area contributed by atoms with Crippen LogP contribution in [0.15, 0.2) is 70.5 Å². The molecule has 0 saturated carbocycles. The molecule has 3 aromatic heterocycles. The highest BCUT2D eigenvalue weighted by Gasteiger charge is 2.18. The van der Waals surface area contributed by atoms with E-state index in [2.05, 4.69) is 26.9 Å². The summed E-state index contributed by atoms with van der Waals surface area (Å²) < 4.78 is 2.10. The third-order valence-corrected chi connectivity index (χ3v) is 7.04. The van der Waals surface area contributed by atoms with Crippen LogP contribution in [0.5, 0.6) is 0 Å². The van der Waals surface area contributed by atoms with Crippen molar-refractivity contribution in [2.75, 3.05) is 12.8 Å². The van der Waals surface area contributed by atoms with Gasteiger partial charge in [0.1, 0.15) is 0 Å². The molecule has 0 bridgehead atoms. The van der Waals surface area contributed by atoms with Crippen molar-refractivity contribution in [1.29, 1.82) is 0 Å². The van der Waals surface area contributed by atoms with Crippen molar-refractivity contribution < 1.29 is 4.79 Å². The topological polar surface area (TPSA) is 51.0 Å². The maximum atomic E-state index is 12.6. The van der Waals surface area contributed by atoms with Crippen LogP contribution in [0.3, 0.4) is 0 Å². The van der Waals surface area contributed by atoms with E-state index in [1.165, 1.54) is 22.2 Å². The molecule has 1 amide bonds. The molecule has 0 aliphatic heterocycles. The van der Waals surface area contributed by atoms with Crippen LogP contribution in [0.25, 0.3) is 10.7 Å². The van der Waals surface area contributed by atoms with Crippen molar-refractivity contribution in [3.63, 3.8) is 0 Å². The molecule has 0 unspecified atom stereocenters. The van der Waals surface area contributed by atoms with Gasteiger partial charge in [-0.1, -0.05) is 54.2 Å². The zero-order valence-electron chi connectivity index (χ0n) is 15.9. The van der Waals surface area contributed by atoms with Gasteiger partial charge in [0, 0.05) is 11.9 Å². The first-order valence-corrected chi connectivity index (χ1v) is 11.9. The molecule has 4 rings (SSSR count). The Bertz CT molecular complexity index is 1040. The van der Waals surface area contributed by atoms with Gasteiger partial charge in [-0.15, -0.1) is 32.9 Å². The zero-order chi connectivity index (χ0) is 20.1. The van der Waals surface area contributed by atoms with Crippen molar-refractivity contribution >= 4 is 40.3 Å². The lowest BCUT2D eigenvalue weighted by Gasteiger charge is -2.16. The number of benzene rings is 1. The van der Waals surface area contributed by atoms with Crippen LogP contribution in [0.4, 0.5) is 0 Å². The number of hydrogen-bond donors (Lipinski definition) is 0. The van der Waals surface area contributed by atoms with E-state index in [-0.39, 0.29) is 5.91 Å². The summed E-state index contributed by atoms with van der Waals surface area (Å²) in [6, 6.07) is 18.4. The van der Waals surface area contributed by atoms with Crippen LogP contribution in [-0.4, -0.2) is 38.4 Å². The van der Waals surface area contributed by atoms with Gasteiger partial charge in [0.25, 0.3) is 0 Å². The number of nitrogens with zero attached hydrogens (tertiary/aromatic N) is 4. The predicted molar refractivity (Wildman–Crippen MR) is 120 cm³/mol. The van der Waals surface area contributed by atoms with Gasteiger partial charge in [-0.2, -0.15) is 0 Å². The molecule has 3 heterocycles. The van der Waals surface area contributed by atoms with E-state index in [1.54, 1.807) is 27.6 Å². The number of thioether (sulfide) groups is 1. The monoisotopic (exact) mass is 440 g/mol. The fourth-order valence-corrected chi connectivity index (χ4v) is 5.21. The number of amides is 1. The van der Waals surface area contributed by atoms with E-state index >= 15 is 0 Å². The number of carbonyl (C=O) groups excluding carboxylic acids is 1. The molecule has 0 fully saturated rings. The van der Waals surface area contributed by atoms with E-state index < -0.39 is 0 Å². The molecule has 0 saturated heterocycles. The normalized spacial score (nSPS) is 10.9. The Morgan fingerprint density at radius 1 is 1.03 bits per heavy atom. The van der Waals surface area contributed by atoms with Gasteiger partial charge in [0.2, 0.25) is 5.91 Å². The third-order valence-electron chi connectivity index (χ3n) is 4.37. The van der Waals surface area contributed by atoms with Crippen molar-refractivity contribution in [3.05, 3.63) is 75.8 Å². The van der Waals surface area contributed by atoms with Crippen LogP contribution < -0.4 is 0 Å². The smallest absolute Gasteiger partial charge is 0.233 e. The summed E-state index contributed by atoms with van der Waals surface area (Å²) in [6.45, 7) is 1.30. The third kappa shape index (κ3) is 4.95. The minimum absolute atomic E-state index is 0.0790. The lowest BCUT2D eigenvalue weighted by molar-refractivity contribution is -0.127. The van der Waals surface area contributed by atoms with Crippen molar-refractivity contribution in [2.24, 2.45) is 0 Å². The molecule has 0 aliphatic carbocycles. The Kier molecular flexibility index (Phi) is 6.43. The van der Waals surface area contributed by atoms with Crippen LogP contribution in [-0.2, 0) is 17.9 Å². The Balaban J connectivity index is 1.50. The molecule has 0 radical (unpaired) electrons. The fraction of sp³-hybridized carbons (Fsp3) is 0.190. The lowest BCUT2D eigenvalue weighted by Crippen LogP contribution is -2.27. The minimum atomic E-state index is 0.0790. The second kappa shape index (κ2) is 9.39. The highest BCUT2D eigenvalue weighted by atomic mass is 32.2. The van der Waals surface area contributed by atoms with Crippen LogP contribution in [0, 0.1) is 0 Å². The molecular formula is C21H20N4OS3. The Morgan fingerprint density at radius 2 is 1.83 bits per heavy atom. The van der Waals surface area contributed by atoms with E-state index in [0.717, 1.165) is 15.9 Å². The number of carbonyl (C=O) groups is 1. The second-order valence-corrected chi connectivity index (χ2v) is 9.40. The maximum Gasteiger partial charge on any atom is 0.233 e. The van der Waals surface area contributed by atoms with Crippen LogP contribution in [0.1, 0.15) is 10.4 Å². The molecule has 5 nitrogen and oxygen atoms in total. The Labute approximate surface area is 182 Å². The summed E-state index contributed by atoms with van der Waals surface area (Å²) in [6.07, 6.45) is 0. The van der Waals surface area contributed by atoms with Gasteiger partial charge in [0.05, 0.1) is 23.7 Å². The second-order valence-electron chi connectivity index (χ2n) is 6.47. The average Bonchev–Trinajstić information content (AvgIpc) is 3.49. The molecule has 8 heteroatoms. The molecular weight excluding hydrogens is 420 g/mol. The highest BCUT2D eigenvalue weighted by Crippen LogP contribution is 2.28. The summed E-state index contributed by atoms with van der Waals surface area (Å²) in [4.78, 5) is 16.6. The Morgan fingerprint density at radius 3 is 2.55 bits per heavy atom. The SMILES string of the molecule is CN(Cc1cccs1)C(=O)CSc1nnc(-c2cccs2)n1Cc1ccccc1. The van der Waals surface area contributed by atoms with E-state index in [4.69, 9.17) is 0 Å². The molecule has 148 valence electrons. The molecule has 0 aliphatic rings. The van der Waals surface area contributed by atoms with Gasteiger partial charge in [0.15, 0.2) is 11.0 Å². The quantitative estimate of drug-likeness (QED) is 0.367. The first-order valence-electron chi connectivity index (χ1n) is 9.11. The summed E-state index contributed by atoms with van der Waals surface area (Å²) >= 11 is 4.74.